The molecule has 0 N–H and O–H groups in total. The Balaban J connectivity index is 5.15. The lowest BCUT2D eigenvalue weighted by atomic mass is 10.0. The second-order valence-corrected chi connectivity index (χ2v) is 6.86. The van der Waals surface area contributed by atoms with E-state index in [4.69, 9.17) is 9.47 Å². The van der Waals surface area contributed by atoms with Gasteiger partial charge in [0.15, 0.2) is 0 Å². The van der Waals surface area contributed by atoms with Crippen LogP contribution in [0.25, 0.3) is 0 Å². The zero-order valence-corrected chi connectivity index (χ0v) is 15.2. The van der Waals surface area contributed by atoms with Crippen LogP contribution < -0.4 is 0 Å². The molecule has 0 saturated carbocycles. The van der Waals surface area contributed by atoms with Crippen molar-refractivity contribution >= 4 is 12.1 Å². The van der Waals surface area contributed by atoms with Gasteiger partial charge >= 0.3 is 12.1 Å². The molecule has 0 radical (unpaired) electrons. The van der Waals surface area contributed by atoms with Crippen LogP contribution in [0.15, 0.2) is 11.6 Å². The molecule has 0 aromatic rings. The van der Waals surface area contributed by atoms with Crippen molar-refractivity contribution in [2.45, 2.75) is 66.5 Å². The summed E-state index contributed by atoms with van der Waals surface area (Å²) in [5.41, 5.74) is -0.0453. The van der Waals surface area contributed by atoms with E-state index in [1.165, 1.54) is 4.90 Å². The summed E-state index contributed by atoms with van der Waals surface area (Å²) in [6.45, 7) is 13.4. The molecule has 22 heavy (non-hydrogen) atoms. The highest BCUT2D eigenvalue weighted by molar-refractivity contribution is 5.88. The molecule has 1 amide bonds. The van der Waals surface area contributed by atoms with Crippen LogP contribution >= 0.6 is 0 Å². The highest BCUT2D eigenvalue weighted by Crippen LogP contribution is 2.17. The first kappa shape index (κ1) is 20.5. The smallest absolute Gasteiger partial charge is 0.410 e. The fraction of sp³-hybridized carbons (Fsp3) is 0.765. The number of ether oxygens (including phenoxy) is 2. The molecule has 0 aliphatic heterocycles. The van der Waals surface area contributed by atoms with E-state index in [1.54, 1.807) is 27.0 Å². The second kappa shape index (κ2) is 8.81. The maximum absolute atomic E-state index is 12.2. The average molecular weight is 313 g/mol. The van der Waals surface area contributed by atoms with Gasteiger partial charge in [0, 0.05) is 12.6 Å². The number of carbonyl (C=O) groups excluding carboxylic acids is 2. The Morgan fingerprint density at radius 2 is 1.77 bits per heavy atom. The molecule has 0 saturated heterocycles. The van der Waals surface area contributed by atoms with Crippen molar-refractivity contribution in [1.29, 1.82) is 0 Å². The maximum atomic E-state index is 12.2. The molecule has 0 spiro atoms. The highest BCUT2D eigenvalue weighted by atomic mass is 16.6. The van der Waals surface area contributed by atoms with Gasteiger partial charge in [0.1, 0.15) is 5.60 Å². The quantitative estimate of drug-likeness (QED) is 0.553. The Bertz CT molecular complexity index is 407. The van der Waals surface area contributed by atoms with Crippen molar-refractivity contribution in [3.05, 3.63) is 11.6 Å². The number of amides is 1. The molecule has 1 unspecified atom stereocenters. The average Bonchev–Trinajstić information content (AvgIpc) is 2.34. The van der Waals surface area contributed by atoms with E-state index in [0.29, 0.717) is 18.1 Å². The first-order valence-electron chi connectivity index (χ1n) is 7.79. The normalized spacial score (nSPS) is 13.8. The van der Waals surface area contributed by atoms with Gasteiger partial charge in [-0.1, -0.05) is 19.9 Å². The lowest BCUT2D eigenvalue weighted by Crippen LogP contribution is -2.40. The first-order chi connectivity index (χ1) is 9.97. The summed E-state index contributed by atoms with van der Waals surface area (Å²) in [5, 5.41) is 0. The largest absolute Gasteiger partial charge is 0.463 e. The summed E-state index contributed by atoms with van der Waals surface area (Å²) in [6, 6.07) is -0.209. The lowest BCUT2D eigenvalue weighted by molar-refractivity contribution is -0.138. The van der Waals surface area contributed by atoms with E-state index < -0.39 is 11.7 Å². The van der Waals surface area contributed by atoms with Crippen LogP contribution in [0.2, 0.25) is 0 Å². The summed E-state index contributed by atoms with van der Waals surface area (Å²) in [4.78, 5) is 25.5. The van der Waals surface area contributed by atoms with Gasteiger partial charge in [-0.3, -0.25) is 0 Å². The molecule has 5 nitrogen and oxygen atoms in total. The molecule has 0 aliphatic carbocycles. The van der Waals surface area contributed by atoms with Crippen LogP contribution in [0.3, 0.4) is 0 Å². The van der Waals surface area contributed by atoms with Gasteiger partial charge in [-0.15, -0.1) is 0 Å². The van der Waals surface area contributed by atoms with Crippen molar-refractivity contribution in [1.82, 2.24) is 4.90 Å². The minimum Gasteiger partial charge on any atom is -0.463 e. The Hall–Kier alpha value is -1.52. The number of hydrogen-bond acceptors (Lipinski definition) is 4. The molecule has 0 rings (SSSR count). The third-order valence-electron chi connectivity index (χ3n) is 2.93. The highest BCUT2D eigenvalue weighted by Gasteiger charge is 2.25. The summed E-state index contributed by atoms with van der Waals surface area (Å²) in [7, 11) is 1.69. The third-order valence-corrected chi connectivity index (χ3v) is 2.93. The Labute approximate surface area is 134 Å². The van der Waals surface area contributed by atoms with Gasteiger partial charge in [-0.25, -0.2) is 9.59 Å². The van der Waals surface area contributed by atoms with E-state index in [-0.39, 0.29) is 12.0 Å². The van der Waals surface area contributed by atoms with E-state index in [0.717, 1.165) is 6.42 Å². The van der Waals surface area contributed by atoms with Crippen LogP contribution in [0, 0.1) is 5.92 Å². The number of carbonyl (C=O) groups is 2. The molecule has 0 fully saturated rings. The molecule has 5 heteroatoms. The molecular formula is C17H31NO4. The zero-order chi connectivity index (χ0) is 17.5. The maximum Gasteiger partial charge on any atom is 0.410 e. The summed E-state index contributed by atoms with van der Waals surface area (Å²) in [6.07, 6.45) is 2.13. The van der Waals surface area contributed by atoms with Crippen LogP contribution in [-0.2, 0) is 14.3 Å². The minimum atomic E-state index is -0.548. The van der Waals surface area contributed by atoms with Gasteiger partial charge in [-0.2, -0.15) is 0 Å². The van der Waals surface area contributed by atoms with Crippen molar-refractivity contribution in [3.63, 3.8) is 0 Å². The monoisotopic (exact) mass is 313 g/mol. The molecule has 0 bridgehead atoms. The summed E-state index contributed by atoms with van der Waals surface area (Å²) >= 11 is 0. The van der Waals surface area contributed by atoms with E-state index in [1.807, 2.05) is 20.8 Å². The van der Waals surface area contributed by atoms with Crippen LogP contribution in [0.4, 0.5) is 4.79 Å². The topological polar surface area (TPSA) is 55.8 Å². The number of nitrogens with zero attached hydrogens (tertiary/aromatic N) is 1. The minimum absolute atomic E-state index is 0.209. The Morgan fingerprint density at radius 3 is 2.18 bits per heavy atom. The molecule has 1 atom stereocenters. The van der Waals surface area contributed by atoms with Crippen LogP contribution in [-0.4, -0.2) is 42.3 Å². The van der Waals surface area contributed by atoms with E-state index in [9.17, 15) is 9.59 Å². The van der Waals surface area contributed by atoms with Crippen LogP contribution in [0.1, 0.15) is 54.9 Å². The molecule has 0 aromatic heterocycles. The summed E-state index contributed by atoms with van der Waals surface area (Å²) in [5.74, 6) is 0.0231. The van der Waals surface area contributed by atoms with Crippen LogP contribution in [0.5, 0.6) is 0 Å². The van der Waals surface area contributed by atoms with Crippen molar-refractivity contribution in [2.24, 2.45) is 5.92 Å². The molecule has 0 aliphatic rings. The molecule has 0 heterocycles. The predicted octanol–water partition coefficient (Wildman–Crippen LogP) is 3.78. The molecule has 128 valence electrons. The van der Waals surface area contributed by atoms with Crippen molar-refractivity contribution in [3.8, 4) is 0 Å². The SMILES string of the molecule is CCOC(=O)C(C)=CC(CC(C)C)N(C)C(=O)OC(C)(C)C. The number of likely N-dealkylation sites (N-methyl/N-ethyl adjacent to an activating group) is 1. The van der Waals surface area contributed by atoms with Crippen molar-refractivity contribution in [2.75, 3.05) is 13.7 Å². The fourth-order valence-electron chi connectivity index (χ4n) is 1.89. The van der Waals surface area contributed by atoms with Gasteiger partial charge in [0.25, 0.3) is 0 Å². The van der Waals surface area contributed by atoms with Gasteiger partial charge in [0.2, 0.25) is 0 Å². The lowest BCUT2D eigenvalue weighted by Gasteiger charge is -2.30. The standard InChI is InChI=1S/C17H31NO4/c1-9-21-15(19)13(4)11-14(10-12(2)3)18(8)16(20)22-17(5,6)7/h11-12,14H,9-10H2,1-8H3. The number of esters is 1. The second-order valence-electron chi connectivity index (χ2n) is 6.86. The zero-order valence-electron chi connectivity index (χ0n) is 15.2. The Morgan fingerprint density at radius 1 is 1.23 bits per heavy atom. The summed E-state index contributed by atoms with van der Waals surface area (Å²) < 4.78 is 10.4. The van der Waals surface area contributed by atoms with Crippen molar-refractivity contribution < 1.29 is 19.1 Å². The number of hydrogen-bond donors (Lipinski definition) is 0. The predicted molar refractivity (Wildman–Crippen MR) is 87.6 cm³/mol. The van der Waals surface area contributed by atoms with E-state index >= 15 is 0 Å². The van der Waals surface area contributed by atoms with Gasteiger partial charge in [-0.05, 0) is 47.0 Å². The third kappa shape index (κ3) is 8.05. The first-order valence-corrected chi connectivity index (χ1v) is 7.79. The van der Waals surface area contributed by atoms with E-state index in [2.05, 4.69) is 13.8 Å². The fourth-order valence-corrected chi connectivity index (χ4v) is 1.89. The molecule has 0 aromatic carbocycles. The molecular weight excluding hydrogens is 282 g/mol. The van der Waals surface area contributed by atoms with Gasteiger partial charge < -0.3 is 14.4 Å². The van der Waals surface area contributed by atoms with Gasteiger partial charge in [0.05, 0.1) is 12.6 Å². The Kier molecular flexibility index (Phi) is 8.20. The number of rotatable bonds is 6.